The summed E-state index contributed by atoms with van der Waals surface area (Å²) in [5, 5.41) is 1.69. The van der Waals surface area contributed by atoms with E-state index in [2.05, 4.69) is 4.83 Å². The summed E-state index contributed by atoms with van der Waals surface area (Å²) in [6, 6.07) is 7.30. The van der Waals surface area contributed by atoms with Crippen LogP contribution in [0.4, 0.5) is 0 Å². The van der Waals surface area contributed by atoms with Gasteiger partial charge in [-0.05, 0) is 19.1 Å². The van der Waals surface area contributed by atoms with E-state index in [-0.39, 0.29) is 11.5 Å². The molecule has 22 heavy (non-hydrogen) atoms. The van der Waals surface area contributed by atoms with Crippen molar-refractivity contribution in [1.82, 2.24) is 9.84 Å². The third kappa shape index (κ3) is 3.02. The smallest absolute Gasteiger partial charge is 0.224 e. The van der Waals surface area contributed by atoms with E-state index in [4.69, 9.17) is 4.74 Å². The highest BCUT2D eigenvalue weighted by Crippen LogP contribution is 2.38. The van der Waals surface area contributed by atoms with Crippen molar-refractivity contribution in [3.63, 3.8) is 0 Å². The molecule has 0 aliphatic carbocycles. The molecule has 6 nitrogen and oxygen atoms in total. The first kappa shape index (κ1) is 15.5. The van der Waals surface area contributed by atoms with Gasteiger partial charge in [0.25, 0.3) is 0 Å². The third-order valence-electron chi connectivity index (χ3n) is 4.32. The maximum absolute atomic E-state index is 12.3. The zero-order chi connectivity index (χ0) is 15.8. The summed E-state index contributed by atoms with van der Waals surface area (Å²) in [6.07, 6.45) is 1.61. The second kappa shape index (κ2) is 5.64. The molecule has 1 saturated heterocycles. The number of nitrogens with zero attached hydrogens (tertiary/aromatic N) is 1. The quantitative estimate of drug-likeness (QED) is 0.908. The van der Waals surface area contributed by atoms with Crippen LogP contribution in [-0.4, -0.2) is 43.7 Å². The Labute approximate surface area is 130 Å². The zero-order valence-electron chi connectivity index (χ0n) is 12.5. The van der Waals surface area contributed by atoms with Crippen LogP contribution in [0.2, 0.25) is 0 Å². The number of hydrogen-bond acceptors (Lipinski definition) is 5. The minimum atomic E-state index is -3.25. The molecule has 0 radical (unpaired) electrons. The molecule has 7 heteroatoms. The topological polar surface area (TPSA) is 75.7 Å². The number of benzene rings is 1. The number of fused-ring (bicyclic) bond motifs is 1. The van der Waals surface area contributed by atoms with Crippen molar-refractivity contribution in [3.8, 4) is 5.75 Å². The van der Waals surface area contributed by atoms with Crippen molar-refractivity contribution in [2.75, 3.05) is 18.8 Å². The second-order valence-corrected chi connectivity index (χ2v) is 7.85. The maximum Gasteiger partial charge on any atom is 0.224 e. The van der Waals surface area contributed by atoms with E-state index >= 15 is 0 Å². The molecule has 120 valence electrons. The van der Waals surface area contributed by atoms with Gasteiger partial charge in [0.2, 0.25) is 10.0 Å². The average molecular weight is 324 g/mol. The van der Waals surface area contributed by atoms with Gasteiger partial charge in [-0.25, -0.2) is 13.4 Å². The molecule has 1 fully saturated rings. The Morgan fingerprint density at radius 2 is 1.95 bits per heavy atom. The first-order chi connectivity index (χ1) is 10.4. The maximum atomic E-state index is 12.3. The molecule has 2 aliphatic rings. The van der Waals surface area contributed by atoms with Gasteiger partial charge < -0.3 is 4.74 Å². The Morgan fingerprint density at radius 3 is 2.64 bits per heavy atom. The fraction of sp³-hybridized carbons (Fsp3) is 0.533. The molecule has 1 aromatic carbocycles. The van der Waals surface area contributed by atoms with Gasteiger partial charge in [-0.1, -0.05) is 12.1 Å². The minimum absolute atomic E-state index is 0.0526. The number of nitrogens with one attached hydrogen (secondary N) is 1. The molecule has 0 saturated carbocycles. The number of carbonyl (C=O) groups is 1. The van der Waals surface area contributed by atoms with Crippen LogP contribution < -0.4 is 9.57 Å². The van der Waals surface area contributed by atoms with E-state index in [1.807, 2.05) is 18.2 Å². The largest absolute Gasteiger partial charge is 0.486 e. The molecule has 0 amide bonds. The molecule has 2 heterocycles. The fourth-order valence-electron chi connectivity index (χ4n) is 2.99. The third-order valence-corrected chi connectivity index (χ3v) is 5.62. The van der Waals surface area contributed by atoms with Crippen LogP contribution in [-0.2, 0) is 10.0 Å². The van der Waals surface area contributed by atoms with Crippen molar-refractivity contribution in [2.24, 2.45) is 0 Å². The number of para-hydroxylation sites is 1. The summed E-state index contributed by atoms with van der Waals surface area (Å²) in [5.41, 5.74) is 0.141. The van der Waals surface area contributed by atoms with E-state index in [0.29, 0.717) is 43.7 Å². The first-order valence-corrected chi connectivity index (χ1v) is 9.15. The van der Waals surface area contributed by atoms with Gasteiger partial charge in [0, 0.05) is 25.9 Å². The summed E-state index contributed by atoms with van der Waals surface area (Å²) in [7, 11) is -3.25. The number of ether oxygens (including phenoxy) is 1. The summed E-state index contributed by atoms with van der Waals surface area (Å²) in [4.78, 5) is 14.9. The number of ketones is 1. The number of hydrazine groups is 1. The number of Topliss-reactive ketones (excluding diaryl/α,β-unsaturated/α-hetero) is 1. The van der Waals surface area contributed by atoms with Gasteiger partial charge in [-0.3, -0.25) is 4.79 Å². The molecule has 1 spiro atoms. The Bertz CT molecular complexity index is 679. The highest BCUT2D eigenvalue weighted by molar-refractivity contribution is 7.89. The van der Waals surface area contributed by atoms with E-state index in [1.54, 1.807) is 18.0 Å². The highest BCUT2D eigenvalue weighted by Gasteiger charge is 2.43. The van der Waals surface area contributed by atoms with Crippen molar-refractivity contribution in [2.45, 2.75) is 31.8 Å². The SMILES string of the molecule is CCS(=O)(=O)NN1CCC2(CC1)CC(=O)c1ccccc1O2. The van der Waals surface area contributed by atoms with Gasteiger partial charge in [-0.15, -0.1) is 4.83 Å². The molecular weight excluding hydrogens is 304 g/mol. The van der Waals surface area contributed by atoms with Crippen LogP contribution in [0.15, 0.2) is 24.3 Å². The molecule has 3 rings (SSSR count). The molecule has 0 atom stereocenters. The predicted octanol–water partition coefficient (Wildman–Crippen LogP) is 1.34. The average Bonchev–Trinajstić information content (AvgIpc) is 2.50. The van der Waals surface area contributed by atoms with Crippen molar-refractivity contribution >= 4 is 15.8 Å². The Kier molecular flexibility index (Phi) is 3.96. The van der Waals surface area contributed by atoms with E-state index in [1.165, 1.54) is 0 Å². The van der Waals surface area contributed by atoms with E-state index in [0.717, 1.165) is 0 Å². The van der Waals surface area contributed by atoms with Crippen LogP contribution >= 0.6 is 0 Å². The standard InChI is InChI=1S/C15H20N2O4S/c1-2-22(19,20)16-17-9-7-15(8-10-17)11-13(18)12-5-3-4-6-14(12)21-15/h3-6,16H,2,7-11H2,1H3. The van der Waals surface area contributed by atoms with Gasteiger partial charge in [-0.2, -0.15) is 0 Å². The lowest BCUT2D eigenvalue weighted by molar-refractivity contribution is -0.0141. The summed E-state index contributed by atoms with van der Waals surface area (Å²) in [6.45, 7) is 2.68. The summed E-state index contributed by atoms with van der Waals surface area (Å²) >= 11 is 0. The number of piperidine rings is 1. The Hall–Kier alpha value is -1.44. The van der Waals surface area contributed by atoms with Crippen molar-refractivity contribution in [3.05, 3.63) is 29.8 Å². The Balaban J connectivity index is 1.70. The van der Waals surface area contributed by atoms with Crippen LogP contribution in [0, 0.1) is 0 Å². The zero-order valence-corrected chi connectivity index (χ0v) is 13.4. The Morgan fingerprint density at radius 1 is 1.27 bits per heavy atom. The molecule has 0 aromatic heterocycles. The van der Waals surface area contributed by atoms with Crippen LogP contribution in [0.1, 0.15) is 36.5 Å². The number of carbonyl (C=O) groups excluding carboxylic acids is 1. The summed E-state index contributed by atoms with van der Waals surface area (Å²) < 4.78 is 29.3. The van der Waals surface area contributed by atoms with Gasteiger partial charge in [0.1, 0.15) is 11.4 Å². The normalized spacial score (nSPS) is 21.4. The predicted molar refractivity (Wildman–Crippen MR) is 82.2 cm³/mol. The van der Waals surface area contributed by atoms with Crippen LogP contribution in [0.3, 0.4) is 0 Å². The number of hydrogen-bond donors (Lipinski definition) is 1. The lowest BCUT2D eigenvalue weighted by atomic mass is 9.83. The number of sulfonamides is 1. The first-order valence-electron chi connectivity index (χ1n) is 7.49. The van der Waals surface area contributed by atoms with Gasteiger partial charge >= 0.3 is 0 Å². The molecular formula is C15H20N2O4S. The highest BCUT2D eigenvalue weighted by atomic mass is 32.2. The monoisotopic (exact) mass is 324 g/mol. The lowest BCUT2D eigenvalue weighted by Crippen LogP contribution is -2.55. The molecule has 0 bridgehead atoms. The molecule has 2 aliphatic heterocycles. The summed E-state index contributed by atoms with van der Waals surface area (Å²) in [5.74, 6) is 0.794. The molecule has 0 unspecified atom stereocenters. The molecule has 1 N–H and O–H groups in total. The van der Waals surface area contributed by atoms with Crippen molar-refractivity contribution < 1.29 is 17.9 Å². The fourth-order valence-corrected chi connectivity index (χ4v) is 3.69. The number of rotatable bonds is 3. The minimum Gasteiger partial charge on any atom is -0.486 e. The van der Waals surface area contributed by atoms with E-state index < -0.39 is 15.6 Å². The van der Waals surface area contributed by atoms with E-state index in [9.17, 15) is 13.2 Å². The van der Waals surface area contributed by atoms with Gasteiger partial charge in [0.05, 0.1) is 17.7 Å². The lowest BCUT2D eigenvalue weighted by Gasteiger charge is -2.43. The molecule has 1 aromatic rings. The van der Waals surface area contributed by atoms with Crippen LogP contribution in [0.25, 0.3) is 0 Å². The van der Waals surface area contributed by atoms with Crippen molar-refractivity contribution in [1.29, 1.82) is 0 Å². The van der Waals surface area contributed by atoms with Crippen LogP contribution in [0.5, 0.6) is 5.75 Å². The second-order valence-electron chi connectivity index (χ2n) is 5.86. The van der Waals surface area contributed by atoms with Gasteiger partial charge in [0.15, 0.2) is 5.78 Å².